The molecule has 5 heteroatoms. The van der Waals surface area contributed by atoms with E-state index >= 15 is 0 Å². The van der Waals surface area contributed by atoms with Gasteiger partial charge in [0.1, 0.15) is 0 Å². The summed E-state index contributed by atoms with van der Waals surface area (Å²) < 4.78 is 22.0. The highest BCUT2D eigenvalue weighted by Gasteiger charge is 2.26. The van der Waals surface area contributed by atoms with Crippen molar-refractivity contribution in [2.45, 2.75) is 12.5 Å². The maximum absolute atomic E-state index is 5.63. The second kappa shape index (κ2) is 6.12. The molecule has 1 aliphatic rings. The molecule has 1 aromatic carbocycles. The number of rotatable bonds is 4. The molecule has 0 saturated carbocycles. The van der Waals surface area contributed by atoms with E-state index in [4.69, 9.17) is 18.9 Å². The number of hydrogen-bond acceptors (Lipinski definition) is 5. The van der Waals surface area contributed by atoms with Crippen LogP contribution in [0.5, 0.6) is 17.2 Å². The fraction of sp³-hybridized carbons (Fsp3) is 0.571. The summed E-state index contributed by atoms with van der Waals surface area (Å²) in [5.41, 5.74) is 2.27. The minimum absolute atomic E-state index is 0.131. The van der Waals surface area contributed by atoms with E-state index in [1.54, 1.807) is 21.3 Å². The minimum atomic E-state index is 0.131. The van der Waals surface area contributed by atoms with Crippen LogP contribution in [-0.4, -0.2) is 41.6 Å². The number of nitrogens with one attached hydrogen (secondary N) is 1. The maximum atomic E-state index is 5.63. The lowest BCUT2D eigenvalue weighted by Crippen LogP contribution is -2.21. The van der Waals surface area contributed by atoms with Gasteiger partial charge in [-0.1, -0.05) is 0 Å². The monoisotopic (exact) mass is 267 g/mol. The number of benzene rings is 1. The van der Waals surface area contributed by atoms with Crippen molar-refractivity contribution in [3.63, 3.8) is 0 Å². The first-order chi connectivity index (χ1) is 9.26. The van der Waals surface area contributed by atoms with Gasteiger partial charge in [-0.2, -0.15) is 0 Å². The van der Waals surface area contributed by atoms with E-state index in [9.17, 15) is 0 Å². The maximum Gasteiger partial charge on any atom is 0.203 e. The molecule has 0 radical (unpaired) electrons. The Hall–Kier alpha value is -1.46. The number of fused-ring (bicyclic) bond motifs is 1. The van der Waals surface area contributed by atoms with E-state index < -0.39 is 0 Å². The Morgan fingerprint density at radius 3 is 2.47 bits per heavy atom. The number of likely N-dealkylation sites (N-methyl/N-ethyl adjacent to an activating group) is 1. The van der Waals surface area contributed by atoms with Crippen molar-refractivity contribution < 1.29 is 18.9 Å². The highest BCUT2D eigenvalue weighted by Crippen LogP contribution is 2.44. The second-order valence-electron chi connectivity index (χ2n) is 4.38. The molecule has 0 aliphatic carbocycles. The zero-order chi connectivity index (χ0) is 13.8. The third-order valence-corrected chi connectivity index (χ3v) is 3.47. The van der Waals surface area contributed by atoms with Gasteiger partial charge in [0.2, 0.25) is 5.75 Å². The Kier molecular flexibility index (Phi) is 4.50. The predicted molar refractivity (Wildman–Crippen MR) is 72.4 cm³/mol. The number of hydrogen-bond donors (Lipinski definition) is 1. The summed E-state index contributed by atoms with van der Waals surface area (Å²) in [7, 11) is 6.82. The minimum Gasteiger partial charge on any atom is -0.493 e. The zero-order valence-electron chi connectivity index (χ0n) is 11.9. The predicted octanol–water partition coefficient (Wildman–Crippen LogP) is 1.55. The van der Waals surface area contributed by atoms with Gasteiger partial charge in [0.15, 0.2) is 11.5 Å². The Morgan fingerprint density at radius 2 is 1.89 bits per heavy atom. The fourth-order valence-electron chi connectivity index (χ4n) is 2.51. The molecular weight excluding hydrogens is 246 g/mol. The van der Waals surface area contributed by atoms with Crippen LogP contribution in [0, 0.1) is 0 Å². The van der Waals surface area contributed by atoms with Gasteiger partial charge in [0, 0.05) is 5.56 Å². The van der Waals surface area contributed by atoms with E-state index in [-0.39, 0.29) is 6.04 Å². The van der Waals surface area contributed by atoms with Crippen LogP contribution in [0.25, 0.3) is 0 Å². The standard InChI is InChI=1S/C14H21NO4/c1-15-11-8-19-6-5-9-10(11)7-12(16-2)14(18-4)13(9)17-3/h7,11,15H,5-6,8H2,1-4H3. The van der Waals surface area contributed by atoms with Crippen LogP contribution in [0.2, 0.25) is 0 Å². The SMILES string of the molecule is CNC1COCCc2c1cc(OC)c(OC)c2OC. The highest BCUT2D eigenvalue weighted by molar-refractivity contribution is 5.60. The third kappa shape index (κ3) is 2.48. The third-order valence-electron chi connectivity index (χ3n) is 3.47. The van der Waals surface area contributed by atoms with Crippen molar-refractivity contribution in [3.05, 3.63) is 17.2 Å². The highest BCUT2D eigenvalue weighted by atomic mass is 16.5. The summed E-state index contributed by atoms with van der Waals surface area (Å²) in [5.74, 6) is 2.06. The zero-order valence-corrected chi connectivity index (χ0v) is 11.9. The molecule has 0 bridgehead atoms. The molecule has 0 spiro atoms. The van der Waals surface area contributed by atoms with Gasteiger partial charge in [-0.15, -0.1) is 0 Å². The van der Waals surface area contributed by atoms with Gasteiger partial charge in [0.25, 0.3) is 0 Å². The Balaban J connectivity index is 2.63. The molecule has 1 heterocycles. The van der Waals surface area contributed by atoms with Crippen LogP contribution < -0.4 is 19.5 Å². The van der Waals surface area contributed by atoms with Gasteiger partial charge in [-0.3, -0.25) is 0 Å². The molecule has 106 valence electrons. The quantitative estimate of drug-likeness (QED) is 0.897. The topological polar surface area (TPSA) is 49.0 Å². The Morgan fingerprint density at radius 1 is 1.16 bits per heavy atom. The van der Waals surface area contributed by atoms with Crippen molar-refractivity contribution in [1.82, 2.24) is 5.32 Å². The first kappa shape index (κ1) is 14.0. The van der Waals surface area contributed by atoms with Crippen molar-refractivity contribution in [2.75, 3.05) is 41.6 Å². The second-order valence-corrected chi connectivity index (χ2v) is 4.38. The summed E-state index contributed by atoms with van der Waals surface area (Å²) in [6.45, 7) is 1.32. The van der Waals surface area contributed by atoms with Crippen LogP contribution in [0.15, 0.2) is 6.07 Å². The molecule has 0 saturated heterocycles. The Labute approximate surface area is 113 Å². The van der Waals surface area contributed by atoms with Crippen LogP contribution in [0.3, 0.4) is 0 Å². The van der Waals surface area contributed by atoms with Gasteiger partial charge in [-0.05, 0) is 25.1 Å². The first-order valence-electron chi connectivity index (χ1n) is 6.33. The average Bonchev–Trinajstić information content (AvgIpc) is 2.66. The molecule has 1 N–H and O–H groups in total. The van der Waals surface area contributed by atoms with Crippen LogP contribution in [-0.2, 0) is 11.2 Å². The molecule has 1 atom stereocenters. The number of ether oxygens (including phenoxy) is 4. The van der Waals surface area contributed by atoms with Crippen LogP contribution in [0.1, 0.15) is 17.2 Å². The molecule has 0 amide bonds. The van der Waals surface area contributed by atoms with E-state index in [2.05, 4.69) is 5.32 Å². The first-order valence-corrected chi connectivity index (χ1v) is 6.33. The summed E-state index contributed by atoms with van der Waals surface area (Å²) >= 11 is 0. The van der Waals surface area contributed by atoms with E-state index in [1.165, 1.54) is 0 Å². The van der Waals surface area contributed by atoms with Crippen LogP contribution in [0.4, 0.5) is 0 Å². The van der Waals surface area contributed by atoms with Gasteiger partial charge in [0.05, 0.1) is 40.6 Å². The molecule has 1 aliphatic heterocycles. The summed E-state index contributed by atoms with van der Waals surface area (Å²) in [5, 5.41) is 3.26. The average molecular weight is 267 g/mol. The van der Waals surface area contributed by atoms with E-state index in [0.717, 1.165) is 23.3 Å². The molecule has 1 unspecified atom stereocenters. The molecule has 0 fully saturated rings. The summed E-state index contributed by atoms with van der Waals surface area (Å²) in [6, 6.07) is 2.14. The summed E-state index contributed by atoms with van der Waals surface area (Å²) in [6.07, 6.45) is 0.803. The Bertz CT molecular complexity index is 448. The van der Waals surface area contributed by atoms with E-state index in [1.807, 2.05) is 13.1 Å². The van der Waals surface area contributed by atoms with Gasteiger partial charge < -0.3 is 24.3 Å². The molecular formula is C14H21NO4. The number of methoxy groups -OCH3 is 3. The molecule has 19 heavy (non-hydrogen) atoms. The summed E-state index contributed by atoms with van der Waals surface area (Å²) in [4.78, 5) is 0. The fourth-order valence-corrected chi connectivity index (χ4v) is 2.51. The smallest absolute Gasteiger partial charge is 0.203 e. The van der Waals surface area contributed by atoms with E-state index in [0.29, 0.717) is 24.7 Å². The van der Waals surface area contributed by atoms with Crippen molar-refractivity contribution >= 4 is 0 Å². The lowest BCUT2D eigenvalue weighted by Gasteiger charge is -2.21. The lowest BCUT2D eigenvalue weighted by molar-refractivity contribution is 0.123. The molecule has 2 rings (SSSR count). The van der Waals surface area contributed by atoms with Gasteiger partial charge >= 0.3 is 0 Å². The van der Waals surface area contributed by atoms with Crippen molar-refractivity contribution in [3.8, 4) is 17.2 Å². The molecule has 0 aromatic heterocycles. The lowest BCUT2D eigenvalue weighted by atomic mass is 9.97. The molecule has 5 nitrogen and oxygen atoms in total. The normalized spacial score (nSPS) is 18.4. The van der Waals surface area contributed by atoms with Gasteiger partial charge in [-0.25, -0.2) is 0 Å². The van der Waals surface area contributed by atoms with Crippen molar-refractivity contribution in [1.29, 1.82) is 0 Å². The van der Waals surface area contributed by atoms with Crippen molar-refractivity contribution in [2.24, 2.45) is 0 Å². The largest absolute Gasteiger partial charge is 0.493 e. The molecule has 1 aromatic rings. The van der Waals surface area contributed by atoms with Crippen LogP contribution >= 0.6 is 0 Å².